The number of fused-ring (bicyclic) bond motifs is 1. The van der Waals surface area contributed by atoms with Crippen LogP contribution < -0.4 is 5.73 Å². The average molecular weight is 264 g/mol. The number of nitrogens with zero attached hydrogens (tertiary/aromatic N) is 1. The number of benzene rings is 1. The van der Waals surface area contributed by atoms with Crippen molar-refractivity contribution in [3.05, 3.63) is 29.8 Å². The quantitative estimate of drug-likeness (QED) is 0.883. The van der Waals surface area contributed by atoms with Crippen molar-refractivity contribution < 1.29 is 4.79 Å². The van der Waals surface area contributed by atoms with Crippen molar-refractivity contribution in [3.63, 3.8) is 0 Å². The van der Waals surface area contributed by atoms with Gasteiger partial charge in [0.2, 0.25) is 5.91 Å². The van der Waals surface area contributed by atoms with Crippen LogP contribution in [0.25, 0.3) is 0 Å². The molecule has 4 heteroatoms. The minimum Gasteiger partial charge on any atom is -0.369 e. The van der Waals surface area contributed by atoms with Crippen molar-refractivity contribution in [1.29, 1.82) is 0 Å². The van der Waals surface area contributed by atoms with Crippen molar-refractivity contribution >= 4 is 17.7 Å². The summed E-state index contributed by atoms with van der Waals surface area (Å²) in [5, 5.41) is 0.532. The van der Waals surface area contributed by atoms with E-state index in [4.69, 9.17) is 5.73 Å². The first-order chi connectivity index (χ1) is 8.56. The molecule has 0 radical (unpaired) electrons. The number of rotatable bonds is 5. The lowest BCUT2D eigenvalue weighted by Gasteiger charge is -2.27. The topological polar surface area (TPSA) is 46.3 Å². The summed E-state index contributed by atoms with van der Waals surface area (Å²) in [7, 11) is 0. The Balaban J connectivity index is 1.96. The van der Waals surface area contributed by atoms with Gasteiger partial charge in [0.25, 0.3) is 0 Å². The summed E-state index contributed by atoms with van der Waals surface area (Å²) in [5.41, 5.74) is 6.73. The Morgan fingerprint density at radius 3 is 2.83 bits per heavy atom. The van der Waals surface area contributed by atoms with Gasteiger partial charge in [-0.05, 0) is 31.9 Å². The standard InChI is InChI=1S/C14H20N2OS/c1-10(2)16(9-14(15)17)8-12-7-11-5-3-4-6-13(11)18-12/h3-6,10,12H,7-9H2,1-2H3,(H2,15,17). The zero-order valence-electron chi connectivity index (χ0n) is 10.9. The molecule has 98 valence electrons. The maximum Gasteiger partial charge on any atom is 0.231 e. The van der Waals surface area contributed by atoms with Crippen LogP contribution in [0.1, 0.15) is 19.4 Å². The highest BCUT2D eigenvalue weighted by molar-refractivity contribution is 8.00. The van der Waals surface area contributed by atoms with Crippen LogP contribution in [-0.2, 0) is 11.2 Å². The Morgan fingerprint density at radius 1 is 1.50 bits per heavy atom. The number of hydrogen-bond donors (Lipinski definition) is 1. The molecule has 1 atom stereocenters. The van der Waals surface area contributed by atoms with E-state index in [1.54, 1.807) is 0 Å². The third kappa shape index (κ3) is 3.27. The van der Waals surface area contributed by atoms with Crippen LogP contribution in [-0.4, -0.2) is 35.2 Å². The Labute approximate surface area is 113 Å². The van der Waals surface area contributed by atoms with E-state index >= 15 is 0 Å². The largest absolute Gasteiger partial charge is 0.369 e. The number of primary amides is 1. The molecule has 0 spiro atoms. The van der Waals surface area contributed by atoms with Crippen LogP contribution >= 0.6 is 11.8 Å². The average Bonchev–Trinajstić information content (AvgIpc) is 2.69. The number of thioether (sulfide) groups is 1. The van der Waals surface area contributed by atoms with E-state index in [0.717, 1.165) is 13.0 Å². The Bertz CT molecular complexity index is 409. The molecular formula is C14H20N2OS. The van der Waals surface area contributed by atoms with Gasteiger partial charge in [0.05, 0.1) is 6.54 Å². The number of carbonyl (C=O) groups excluding carboxylic acids is 1. The van der Waals surface area contributed by atoms with Crippen LogP contribution in [0.5, 0.6) is 0 Å². The zero-order chi connectivity index (χ0) is 13.1. The van der Waals surface area contributed by atoms with E-state index < -0.39 is 0 Å². The highest BCUT2D eigenvalue weighted by Crippen LogP contribution is 2.37. The summed E-state index contributed by atoms with van der Waals surface area (Å²) < 4.78 is 0. The molecule has 1 aliphatic rings. The predicted octanol–water partition coefficient (Wildman–Crippen LogP) is 1.90. The van der Waals surface area contributed by atoms with Crippen LogP contribution in [0.15, 0.2) is 29.2 Å². The molecule has 0 bridgehead atoms. The molecule has 1 aromatic rings. The Hall–Kier alpha value is -1.00. The summed E-state index contributed by atoms with van der Waals surface area (Å²) in [5.74, 6) is -0.246. The van der Waals surface area contributed by atoms with Gasteiger partial charge in [-0.25, -0.2) is 0 Å². The van der Waals surface area contributed by atoms with Gasteiger partial charge < -0.3 is 5.73 Å². The highest BCUT2D eigenvalue weighted by atomic mass is 32.2. The Kier molecular flexibility index (Phi) is 4.30. The molecule has 0 saturated carbocycles. The zero-order valence-corrected chi connectivity index (χ0v) is 11.7. The number of amides is 1. The highest BCUT2D eigenvalue weighted by Gasteiger charge is 2.25. The SMILES string of the molecule is CC(C)N(CC(N)=O)CC1Cc2ccccc2S1. The van der Waals surface area contributed by atoms with Crippen LogP contribution in [0.2, 0.25) is 0 Å². The monoisotopic (exact) mass is 264 g/mol. The summed E-state index contributed by atoms with van der Waals surface area (Å²) in [6, 6.07) is 8.88. The normalized spacial score (nSPS) is 18.3. The minimum absolute atomic E-state index is 0.246. The molecule has 3 nitrogen and oxygen atoms in total. The third-order valence-corrected chi connectivity index (χ3v) is 4.54. The number of carbonyl (C=O) groups is 1. The van der Waals surface area contributed by atoms with E-state index in [1.165, 1.54) is 10.5 Å². The third-order valence-electron chi connectivity index (χ3n) is 3.24. The number of hydrogen-bond acceptors (Lipinski definition) is 3. The first-order valence-electron chi connectivity index (χ1n) is 6.33. The van der Waals surface area contributed by atoms with E-state index in [-0.39, 0.29) is 5.91 Å². The summed E-state index contributed by atoms with van der Waals surface area (Å²) >= 11 is 1.92. The fourth-order valence-corrected chi connectivity index (χ4v) is 3.62. The van der Waals surface area contributed by atoms with Crippen LogP contribution in [0.4, 0.5) is 0 Å². The second kappa shape index (κ2) is 5.76. The molecule has 0 fully saturated rings. The van der Waals surface area contributed by atoms with E-state index in [1.807, 2.05) is 11.8 Å². The van der Waals surface area contributed by atoms with E-state index in [2.05, 4.69) is 43.0 Å². The van der Waals surface area contributed by atoms with Gasteiger partial charge in [0.1, 0.15) is 0 Å². The molecule has 0 saturated heterocycles. The lowest BCUT2D eigenvalue weighted by Crippen LogP contribution is -2.42. The van der Waals surface area contributed by atoms with Gasteiger partial charge in [-0.2, -0.15) is 0 Å². The first kappa shape index (κ1) is 13.4. The summed E-state index contributed by atoms with van der Waals surface area (Å²) in [6.45, 7) is 5.48. The maximum absolute atomic E-state index is 11.1. The Morgan fingerprint density at radius 2 is 2.22 bits per heavy atom. The summed E-state index contributed by atoms with van der Waals surface area (Å²) in [4.78, 5) is 14.6. The smallest absolute Gasteiger partial charge is 0.231 e. The molecule has 1 aliphatic heterocycles. The molecule has 1 amide bonds. The second-order valence-electron chi connectivity index (χ2n) is 5.04. The van der Waals surface area contributed by atoms with Gasteiger partial charge in [0.15, 0.2) is 0 Å². The minimum atomic E-state index is -0.246. The fourth-order valence-electron chi connectivity index (χ4n) is 2.28. The van der Waals surface area contributed by atoms with Crippen molar-refractivity contribution in [1.82, 2.24) is 4.90 Å². The van der Waals surface area contributed by atoms with Crippen molar-refractivity contribution in [2.75, 3.05) is 13.1 Å². The van der Waals surface area contributed by atoms with Gasteiger partial charge in [0, 0.05) is 22.7 Å². The van der Waals surface area contributed by atoms with Gasteiger partial charge >= 0.3 is 0 Å². The van der Waals surface area contributed by atoms with Crippen molar-refractivity contribution in [2.45, 2.75) is 36.5 Å². The maximum atomic E-state index is 11.1. The molecule has 1 heterocycles. The van der Waals surface area contributed by atoms with Crippen LogP contribution in [0, 0.1) is 0 Å². The molecule has 2 N–H and O–H groups in total. The lowest BCUT2D eigenvalue weighted by atomic mass is 10.1. The molecule has 1 unspecified atom stereocenters. The van der Waals surface area contributed by atoms with Gasteiger partial charge in [-0.3, -0.25) is 9.69 Å². The van der Waals surface area contributed by atoms with Gasteiger partial charge in [-0.1, -0.05) is 18.2 Å². The van der Waals surface area contributed by atoms with Crippen molar-refractivity contribution in [3.8, 4) is 0 Å². The molecule has 0 aliphatic carbocycles. The van der Waals surface area contributed by atoms with E-state index in [9.17, 15) is 4.79 Å². The molecule has 0 aromatic heterocycles. The summed E-state index contributed by atoms with van der Waals surface area (Å²) in [6.07, 6.45) is 1.09. The van der Waals surface area contributed by atoms with Gasteiger partial charge in [-0.15, -0.1) is 11.8 Å². The van der Waals surface area contributed by atoms with E-state index in [0.29, 0.717) is 17.8 Å². The number of nitrogens with two attached hydrogens (primary N) is 1. The first-order valence-corrected chi connectivity index (χ1v) is 7.21. The van der Waals surface area contributed by atoms with Crippen LogP contribution in [0.3, 0.4) is 0 Å². The lowest BCUT2D eigenvalue weighted by molar-refractivity contribution is -0.119. The second-order valence-corrected chi connectivity index (χ2v) is 6.38. The molecule has 18 heavy (non-hydrogen) atoms. The molecule has 1 aromatic carbocycles. The van der Waals surface area contributed by atoms with Crippen molar-refractivity contribution in [2.24, 2.45) is 5.73 Å². The molecule has 2 rings (SSSR count). The fraction of sp³-hybridized carbons (Fsp3) is 0.500. The predicted molar refractivity (Wildman–Crippen MR) is 75.7 cm³/mol. The molecular weight excluding hydrogens is 244 g/mol.